The summed E-state index contributed by atoms with van der Waals surface area (Å²) in [5.41, 5.74) is 8.62. The predicted molar refractivity (Wildman–Crippen MR) is 82.7 cm³/mol. The molecule has 1 aromatic carbocycles. The quantitative estimate of drug-likeness (QED) is 0.901. The molecule has 1 aromatic rings. The topological polar surface area (TPSA) is 32.5 Å². The summed E-state index contributed by atoms with van der Waals surface area (Å²) in [4.78, 5) is 5.03. The van der Waals surface area contributed by atoms with Crippen molar-refractivity contribution in [1.29, 1.82) is 0 Å². The average molecular weight is 261 g/mol. The predicted octanol–water partition coefficient (Wildman–Crippen LogP) is 2.11. The highest BCUT2D eigenvalue weighted by molar-refractivity contribution is 5.54. The van der Waals surface area contributed by atoms with Crippen LogP contribution in [0.15, 0.2) is 24.3 Å². The Balaban J connectivity index is 2.20. The minimum atomic E-state index is 0.568. The number of aryl methyl sites for hydroxylation is 1. The van der Waals surface area contributed by atoms with E-state index in [4.69, 9.17) is 5.73 Å². The van der Waals surface area contributed by atoms with Crippen molar-refractivity contribution in [1.82, 2.24) is 4.90 Å². The van der Waals surface area contributed by atoms with E-state index in [1.165, 1.54) is 11.3 Å². The summed E-state index contributed by atoms with van der Waals surface area (Å²) in [5, 5.41) is 0. The largest absolute Gasteiger partial charge is 0.368 e. The summed E-state index contributed by atoms with van der Waals surface area (Å²) in [7, 11) is 2.23. The van der Waals surface area contributed by atoms with Gasteiger partial charge in [-0.05, 0) is 45.0 Å². The number of hydrogen-bond acceptors (Lipinski definition) is 3. The number of likely N-dealkylation sites (N-methyl/N-ethyl adjacent to an activating group) is 1. The van der Waals surface area contributed by atoms with Gasteiger partial charge in [-0.1, -0.05) is 25.1 Å². The Hall–Kier alpha value is -1.06. The Labute approximate surface area is 117 Å². The number of hydrogen-bond donors (Lipinski definition) is 1. The number of nitrogens with zero attached hydrogens (tertiary/aromatic N) is 2. The number of piperazine rings is 1. The first kappa shape index (κ1) is 14.4. The maximum Gasteiger partial charge on any atom is 0.0399 e. The minimum Gasteiger partial charge on any atom is -0.368 e. The highest BCUT2D eigenvalue weighted by Crippen LogP contribution is 2.26. The molecule has 1 fully saturated rings. The van der Waals surface area contributed by atoms with Gasteiger partial charge in [-0.15, -0.1) is 0 Å². The van der Waals surface area contributed by atoms with Crippen molar-refractivity contribution in [2.24, 2.45) is 5.73 Å². The molecule has 0 bridgehead atoms. The Morgan fingerprint density at radius 1 is 1.26 bits per heavy atom. The molecule has 0 aliphatic carbocycles. The van der Waals surface area contributed by atoms with E-state index >= 15 is 0 Å². The lowest BCUT2D eigenvalue weighted by atomic mass is 10.0. The molecule has 0 radical (unpaired) electrons. The molecular weight excluding hydrogens is 234 g/mol. The van der Waals surface area contributed by atoms with Crippen LogP contribution in [0.25, 0.3) is 0 Å². The van der Waals surface area contributed by atoms with Crippen LogP contribution in [0.4, 0.5) is 5.69 Å². The van der Waals surface area contributed by atoms with E-state index in [0.29, 0.717) is 12.1 Å². The molecule has 1 saturated heterocycles. The second kappa shape index (κ2) is 6.40. The van der Waals surface area contributed by atoms with Crippen LogP contribution in [0.1, 0.15) is 25.8 Å². The highest BCUT2D eigenvalue weighted by Gasteiger charge is 2.29. The van der Waals surface area contributed by atoms with E-state index in [2.05, 4.69) is 55.0 Å². The van der Waals surface area contributed by atoms with Gasteiger partial charge in [-0.3, -0.25) is 4.90 Å². The zero-order valence-electron chi connectivity index (χ0n) is 12.5. The maximum absolute atomic E-state index is 5.76. The standard InChI is InChI=1S/C16H27N3/c1-4-14-7-5-6-8-16(14)19-11-13(2)18(3)15(12-19)9-10-17/h5-8,13,15H,4,9-12,17H2,1-3H3. The zero-order valence-corrected chi connectivity index (χ0v) is 12.5. The second-order valence-corrected chi connectivity index (χ2v) is 5.63. The van der Waals surface area contributed by atoms with Crippen LogP contribution >= 0.6 is 0 Å². The van der Waals surface area contributed by atoms with Crippen molar-refractivity contribution in [3.8, 4) is 0 Å². The molecule has 1 aliphatic heterocycles. The van der Waals surface area contributed by atoms with Gasteiger partial charge in [-0.25, -0.2) is 0 Å². The lowest BCUT2D eigenvalue weighted by Crippen LogP contribution is -2.56. The van der Waals surface area contributed by atoms with E-state index in [0.717, 1.165) is 32.5 Å². The van der Waals surface area contributed by atoms with Gasteiger partial charge in [0.25, 0.3) is 0 Å². The summed E-state index contributed by atoms with van der Waals surface area (Å²) in [5.74, 6) is 0. The van der Waals surface area contributed by atoms with Crippen molar-refractivity contribution in [3.63, 3.8) is 0 Å². The van der Waals surface area contributed by atoms with Crippen molar-refractivity contribution >= 4 is 5.69 Å². The fourth-order valence-corrected chi connectivity index (χ4v) is 3.07. The Morgan fingerprint density at radius 2 is 2.00 bits per heavy atom. The van der Waals surface area contributed by atoms with Crippen molar-refractivity contribution in [2.75, 3.05) is 31.6 Å². The highest BCUT2D eigenvalue weighted by atomic mass is 15.3. The lowest BCUT2D eigenvalue weighted by Gasteiger charge is -2.45. The summed E-state index contributed by atoms with van der Waals surface area (Å²) in [6.07, 6.45) is 2.17. The maximum atomic E-state index is 5.76. The summed E-state index contributed by atoms with van der Waals surface area (Å²) >= 11 is 0. The summed E-state index contributed by atoms with van der Waals surface area (Å²) in [6.45, 7) is 7.51. The smallest absolute Gasteiger partial charge is 0.0399 e. The van der Waals surface area contributed by atoms with E-state index in [9.17, 15) is 0 Å². The Bertz CT molecular complexity index is 405. The molecular formula is C16H27N3. The second-order valence-electron chi connectivity index (χ2n) is 5.63. The monoisotopic (exact) mass is 261 g/mol. The van der Waals surface area contributed by atoms with Crippen LogP contribution in [0.5, 0.6) is 0 Å². The molecule has 2 atom stereocenters. The van der Waals surface area contributed by atoms with Gasteiger partial charge in [0, 0.05) is 30.9 Å². The van der Waals surface area contributed by atoms with Crippen LogP contribution in [0.3, 0.4) is 0 Å². The van der Waals surface area contributed by atoms with Gasteiger partial charge in [0.1, 0.15) is 0 Å². The molecule has 2 unspecified atom stereocenters. The minimum absolute atomic E-state index is 0.568. The SMILES string of the molecule is CCc1ccccc1N1CC(C)N(C)C(CCN)C1. The zero-order chi connectivity index (χ0) is 13.8. The van der Waals surface area contributed by atoms with Crippen molar-refractivity contribution in [3.05, 3.63) is 29.8 Å². The van der Waals surface area contributed by atoms with E-state index in [1.54, 1.807) is 0 Å². The molecule has 2 rings (SSSR count). The molecule has 19 heavy (non-hydrogen) atoms. The van der Waals surface area contributed by atoms with Gasteiger partial charge in [0.15, 0.2) is 0 Å². The summed E-state index contributed by atoms with van der Waals surface area (Å²) in [6, 6.07) is 9.94. The van der Waals surface area contributed by atoms with Crippen LogP contribution in [-0.4, -0.2) is 43.7 Å². The fraction of sp³-hybridized carbons (Fsp3) is 0.625. The molecule has 3 heteroatoms. The van der Waals surface area contributed by atoms with Gasteiger partial charge >= 0.3 is 0 Å². The van der Waals surface area contributed by atoms with E-state index in [1.807, 2.05) is 0 Å². The van der Waals surface area contributed by atoms with Crippen molar-refractivity contribution in [2.45, 2.75) is 38.8 Å². The van der Waals surface area contributed by atoms with Gasteiger partial charge < -0.3 is 10.6 Å². The van der Waals surface area contributed by atoms with Gasteiger partial charge in [0.05, 0.1) is 0 Å². The number of benzene rings is 1. The normalized spacial score (nSPS) is 24.7. The molecule has 2 N–H and O–H groups in total. The molecule has 3 nitrogen and oxygen atoms in total. The Kier molecular flexibility index (Phi) is 4.83. The van der Waals surface area contributed by atoms with Crippen LogP contribution < -0.4 is 10.6 Å². The number of para-hydroxylation sites is 1. The molecule has 1 heterocycles. The number of rotatable bonds is 4. The lowest BCUT2D eigenvalue weighted by molar-refractivity contribution is 0.152. The van der Waals surface area contributed by atoms with Crippen LogP contribution in [0.2, 0.25) is 0 Å². The van der Waals surface area contributed by atoms with Crippen LogP contribution in [0, 0.1) is 0 Å². The first-order valence-electron chi connectivity index (χ1n) is 7.42. The van der Waals surface area contributed by atoms with E-state index < -0.39 is 0 Å². The molecule has 0 saturated carbocycles. The van der Waals surface area contributed by atoms with Gasteiger partial charge in [-0.2, -0.15) is 0 Å². The molecule has 106 valence electrons. The van der Waals surface area contributed by atoms with E-state index in [-0.39, 0.29) is 0 Å². The third-order valence-corrected chi connectivity index (χ3v) is 4.40. The Morgan fingerprint density at radius 3 is 2.68 bits per heavy atom. The number of anilines is 1. The average Bonchev–Trinajstić information content (AvgIpc) is 2.43. The number of nitrogens with two attached hydrogens (primary N) is 1. The van der Waals surface area contributed by atoms with Gasteiger partial charge in [0.2, 0.25) is 0 Å². The molecule has 1 aliphatic rings. The third kappa shape index (κ3) is 3.10. The summed E-state index contributed by atoms with van der Waals surface area (Å²) < 4.78 is 0. The molecule has 0 aromatic heterocycles. The van der Waals surface area contributed by atoms with Crippen molar-refractivity contribution < 1.29 is 0 Å². The first-order chi connectivity index (χ1) is 9.17. The van der Waals surface area contributed by atoms with Crippen LogP contribution in [-0.2, 0) is 6.42 Å². The third-order valence-electron chi connectivity index (χ3n) is 4.40. The first-order valence-corrected chi connectivity index (χ1v) is 7.42. The molecule has 0 amide bonds. The fourth-order valence-electron chi connectivity index (χ4n) is 3.07. The molecule has 0 spiro atoms.